The van der Waals surface area contributed by atoms with Gasteiger partial charge < -0.3 is 0 Å². The van der Waals surface area contributed by atoms with E-state index in [-0.39, 0.29) is 5.78 Å². The monoisotopic (exact) mass is 194 g/mol. The molecule has 72 valence electrons. The van der Waals surface area contributed by atoms with E-state index in [9.17, 15) is 4.79 Å². The molecule has 0 N–H and O–H groups in total. The first-order valence-corrected chi connectivity index (χ1v) is 5.09. The summed E-state index contributed by atoms with van der Waals surface area (Å²) in [5, 5.41) is 0. The summed E-state index contributed by atoms with van der Waals surface area (Å²) in [5.74, 6) is 0.156. The molecule has 0 radical (unpaired) electrons. The summed E-state index contributed by atoms with van der Waals surface area (Å²) in [4.78, 5) is 12.0. The second kappa shape index (κ2) is 3.06. The van der Waals surface area contributed by atoms with Crippen LogP contribution in [0.15, 0.2) is 54.1 Å². The largest absolute Gasteiger partial charge is 0.289 e. The molecule has 0 atom stereocenters. The van der Waals surface area contributed by atoms with Gasteiger partial charge in [0.1, 0.15) is 0 Å². The number of Topliss-reactive ketones (excluding diaryl/α,β-unsaturated/α-hetero) is 1. The molecule has 0 aromatic heterocycles. The van der Waals surface area contributed by atoms with Gasteiger partial charge in [0.25, 0.3) is 0 Å². The van der Waals surface area contributed by atoms with E-state index < -0.39 is 0 Å². The van der Waals surface area contributed by atoms with Crippen LogP contribution in [0.3, 0.4) is 0 Å². The Bertz CT molecular complexity index is 530. The molecule has 0 unspecified atom stereocenters. The smallest absolute Gasteiger partial charge is 0.194 e. The molecule has 1 nitrogen and oxygen atoms in total. The second-order valence-electron chi connectivity index (χ2n) is 3.74. The highest BCUT2D eigenvalue weighted by Crippen LogP contribution is 2.35. The summed E-state index contributed by atoms with van der Waals surface area (Å²) in [6.07, 6.45) is 9.02. The lowest BCUT2D eigenvalue weighted by Crippen LogP contribution is -1.95. The van der Waals surface area contributed by atoms with Gasteiger partial charge >= 0.3 is 0 Å². The highest BCUT2D eigenvalue weighted by Gasteiger charge is 2.26. The minimum atomic E-state index is 0.156. The van der Waals surface area contributed by atoms with Gasteiger partial charge in [0, 0.05) is 11.1 Å². The number of fused-ring (bicyclic) bond motifs is 2. The number of carbonyl (C=O) groups is 1. The third-order valence-electron chi connectivity index (χ3n) is 2.84. The zero-order valence-electron chi connectivity index (χ0n) is 8.23. The molecule has 0 spiro atoms. The maximum Gasteiger partial charge on any atom is 0.194 e. The van der Waals surface area contributed by atoms with E-state index in [1.165, 1.54) is 0 Å². The average molecular weight is 194 g/mol. The van der Waals surface area contributed by atoms with Crippen LogP contribution in [-0.4, -0.2) is 5.78 Å². The predicted octanol–water partition coefficient (Wildman–Crippen LogP) is 3.15. The number of allylic oxidation sites excluding steroid dienone is 6. The molecule has 1 aromatic carbocycles. The van der Waals surface area contributed by atoms with Crippen LogP contribution >= 0.6 is 0 Å². The van der Waals surface area contributed by atoms with Crippen molar-refractivity contribution in [2.24, 2.45) is 0 Å². The molecule has 0 fully saturated rings. The topological polar surface area (TPSA) is 17.1 Å². The third kappa shape index (κ3) is 1.13. The van der Waals surface area contributed by atoms with Gasteiger partial charge in [-0.3, -0.25) is 4.79 Å². The average Bonchev–Trinajstić information content (AvgIpc) is 2.48. The van der Waals surface area contributed by atoms with Gasteiger partial charge in [-0.05, 0) is 17.6 Å². The first kappa shape index (κ1) is 8.42. The fraction of sp³-hybridized carbons (Fsp3) is 0.0714. The van der Waals surface area contributed by atoms with Crippen LogP contribution in [0.5, 0.6) is 0 Å². The molecular weight excluding hydrogens is 184 g/mol. The summed E-state index contributed by atoms with van der Waals surface area (Å²) < 4.78 is 0. The van der Waals surface area contributed by atoms with Crippen LogP contribution in [0, 0.1) is 0 Å². The molecule has 3 rings (SSSR count). The minimum absolute atomic E-state index is 0.156. The van der Waals surface area contributed by atoms with Crippen LogP contribution in [0.2, 0.25) is 0 Å². The first-order chi connectivity index (χ1) is 7.38. The highest BCUT2D eigenvalue weighted by atomic mass is 16.1. The maximum absolute atomic E-state index is 12.0. The van der Waals surface area contributed by atoms with Crippen molar-refractivity contribution < 1.29 is 4.79 Å². The van der Waals surface area contributed by atoms with Crippen LogP contribution in [0.1, 0.15) is 22.3 Å². The Morgan fingerprint density at radius 2 is 1.53 bits per heavy atom. The van der Waals surface area contributed by atoms with Crippen molar-refractivity contribution in [1.29, 1.82) is 0 Å². The molecule has 0 bridgehead atoms. The zero-order chi connectivity index (χ0) is 10.3. The van der Waals surface area contributed by atoms with Crippen molar-refractivity contribution in [3.05, 3.63) is 65.3 Å². The van der Waals surface area contributed by atoms with E-state index in [0.717, 1.165) is 28.7 Å². The molecule has 2 aliphatic carbocycles. The Kier molecular flexibility index (Phi) is 1.72. The van der Waals surface area contributed by atoms with Crippen molar-refractivity contribution in [2.45, 2.75) is 6.42 Å². The Balaban J connectivity index is 2.30. The molecule has 0 heterocycles. The lowest BCUT2D eigenvalue weighted by molar-refractivity contribution is 0.104. The van der Waals surface area contributed by atoms with Gasteiger partial charge in [0.15, 0.2) is 5.78 Å². The van der Waals surface area contributed by atoms with Gasteiger partial charge in [0.2, 0.25) is 0 Å². The van der Waals surface area contributed by atoms with E-state index in [1.54, 1.807) is 0 Å². The number of hydrogen-bond acceptors (Lipinski definition) is 1. The quantitative estimate of drug-likeness (QED) is 0.620. The second-order valence-corrected chi connectivity index (χ2v) is 3.74. The molecule has 0 saturated heterocycles. The van der Waals surface area contributed by atoms with Gasteiger partial charge in [-0.15, -0.1) is 0 Å². The van der Waals surface area contributed by atoms with Crippen LogP contribution in [-0.2, 0) is 0 Å². The third-order valence-corrected chi connectivity index (χ3v) is 2.84. The van der Waals surface area contributed by atoms with Crippen molar-refractivity contribution in [1.82, 2.24) is 0 Å². The van der Waals surface area contributed by atoms with E-state index in [1.807, 2.05) is 36.4 Å². The molecule has 0 aliphatic heterocycles. The van der Waals surface area contributed by atoms with Crippen molar-refractivity contribution in [3.8, 4) is 0 Å². The summed E-state index contributed by atoms with van der Waals surface area (Å²) in [5.41, 5.74) is 3.81. The van der Waals surface area contributed by atoms with E-state index in [0.29, 0.717) is 0 Å². The Morgan fingerprint density at radius 3 is 2.33 bits per heavy atom. The summed E-state index contributed by atoms with van der Waals surface area (Å²) in [6.45, 7) is 0. The lowest BCUT2D eigenvalue weighted by Gasteiger charge is -1.98. The van der Waals surface area contributed by atoms with Gasteiger partial charge in [-0.25, -0.2) is 0 Å². The standard InChI is InChI=1S/C14H10O/c15-14-12-8-3-1-2-6-10(12)11-7-4-5-9-13(11)14/h2-9H,1H2. The number of carbonyl (C=O) groups excluding carboxylic acids is 1. The SMILES string of the molecule is O=C1C2=C(C=CCC=C2)c2ccccc21. The van der Waals surface area contributed by atoms with Crippen molar-refractivity contribution >= 4 is 11.4 Å². The Labute approximate surface area is 88.4 Å². The molecular formula is C14H10O. The van der Waals surface area contributed by atoms with Crippen molar-refractivity contribution in [2.75, 3.05) is 0 Å². The fourth-order valence-corrected chi connectivity index (χ4v) is 2.12. The minimum Gasteiger partial charge on any atom is -0.289 e. The van der Waals surface area contributed by atoms with Crippen LogP contribution < -0.4 is 0 Å². The van der Waals surface area contributed by atoms with Gasteiger partial charge in [-0.2, -0.15) is 0 Å². The van der Waals surface area contributed by atoms with E-state index in [2.05, 4.69) is 12.2 Å². The van der Waals surface area contributed by atoms with Crippen molar-refractivity contribution in [3.63, 3.8) is 0 Å². The molecule has 0 saturated carbocycles. The summed E-state index contributed by atoms with van der Waals surface area (Å²) >= 11 is 0. The Morgan fingerprint density at radius 1 is 0.867 bits per heavy atom. The maximum atomic E-state index is 12.0. The summed E-state index contributed by atoms with van der Waals surface area (Å²) in [6, 6.07) is 7.80. The van der Waals surface area contributed by atoms with Crippen LogP contribution in [0.4, 0.5) is 0 Å². The zero-order valence-corrected chi connectivity index (χ0v) is 8.23. The Hall–Kier alpha value is -1.89. The lowest BCUT2D eigenvalue weighted by atomic mass is 10.1. The molecule has 1 aromatic rings. The molecule has 2 aliphatic rings. The van der Waals surface area contributed by atoms with E-state index in [4.69, 9.17) is 0 Å². The number of rotatable bonds is 0. The van der Waals surface area contributed by atoms with Crippen LogP contribution in [0.25, 0.3) is 5.57 Å². The predicted molar refractivity (Wildman–Crippen MR) is 60.6 cm³/mol. The summed E-state index contributed by atoms with van der Waals surface area (Å²) in [7, 11) is 0. The van der Waals surface area contributed by atoms with Gasteiger partial charge in [0.05, 0.1) is 0 Å². The number of ketones is 1. The first-order valence-electron chi connectivity index (χ1n) is 5.09. The normalized spacial score (nSPS) is 17.7. The number of hydrogen-bond donors (Lipinski definition) is 0. The highest BCUT2D eigenvalue weighted by molar-refractivity contribution is 6.23. The number of benzene rings is 1. The molecule has 0 amide bonds. The molecule has 15 heavy (non-hydrogen) atoms. The fourth-order valence-electron chi connectivity index (χ4n) is 2.12. The van der Waals surface area contributed by atoms with Gasteiger partial charge in [-0.1, -0.05) is 48.6 Å². The van der Waals surface area contributed by atoms with E-state index >= 15 is 0 Å². The molecule has 1 heteroatoms.